The number of hydrazine groups is 1. The maximum atomic E-state index is 9.33. The maximum Gasteiger partial charge on any atom is 0.397 e. The van der Waals surface area contributed by atoms with Crippen LogP contribution in [0, 0.1) is 0 Å². The zero-order chi connectivity index (χ0) is 12.0. The van der Waals surface area contributed by atoms with E-state index in [2.05, 4.69) is 24.2 Å². The maximum absolute atomic E-state index is 9.33. The predicted molar refractivity (Wildman–Crippen MR) is 58.7 cm³/mol. The molecule has 0 spiro atoms. The Bertz CT molecular complexity index is 347. The van der Waals surface area contributed by atoms with Gasteiger partial charge in [0.2, 0.25) is 0 Å². The normalized spacial score (nSPS) is 18.9. The van der Waals surface area contributed by atoms with Crippen LogP contribution >= 0.6 is 0 Å². The summed E-state index contributed by atoms with van der Waals surface area (Å²) < 4.78 is 29.7. The van der Waals surface area contributed by atoms with Gasteiger partial charge in [0.15, 0.2) is 0 Å². The first-order valence-corrected chi connectivity index (χ1v) is 5.95. The van der Waals surface area contributed by atoms with Gasteiger partial charge in [-0.3, -0.25) is 28.7 Å². The van der Waals surface area contributed by atoms with Gasteiger partial charge in [-0.1, -0.05) is 0 Å². The molecule has 9 heteroatoms. The van der Waals surface area contributed by atoms with Gasteiger partial charge in [0, 0.05) is 0 Å². The van der Waals surface area contributed by atoms with E-state index in [0.29, 0.717) is 0 Å². The Morgan fingerprint density at radius 3 is 1.75 bits per heavy atom. The average Bonchev–Trinajstić information content (AvgIpc) is 2.90. The van der Waals surface area contributed by atoms with Crippen LogP contribution in [0.4, 0.5) is 0 Å². The molecule has 1 N–H and O–H groups in total. The molecule has 0 aromatic heterocycles. The van der Waals surface area contributed by atoms with Crippen molar-refractivity contribution in [3.05, 3.63) is 0 Å². The molecule has 0 saturated heterocycles. The first-order chi connectivity index (χ1) is 7.53. The van der Waals surface area contributed by atoms with Crippen LogP contribution in [0.1, 0.15) is 0 Å². The molecule has 92 valence electrons. The molecule has 0 aliphatic carbocycles. The van der Waals surface area contributed by atoms with Crippen LogP contribution in [-0.4, -0.2) is 69.0 Å². The van der Waals surface area contributed by atoms with E-state index in [1.165, 1.54) is 0 Å². The molecule has 0 aromatic rings. The van der Waals surface area contributed by atoms with Crippen LogP contribution in [0.2, 0.25) is 0 Å². The van der Waals surface area contributed by atoms with E-state index in [1.807, 2.05) is 12.7 Å². The van der Waals surface area contributed by atoms with Crippen molar-refractivity contribution in [1.82, 2.24) is 10.0 Å². The fourth-order valence-corrected chi connectivity index (χ4v) is 1.13. The SMILES string of the molecule is C1=NCCN1N1C=NCC1.COS(=O)(=O)O. The fraction of sp³-hybridized carbons (Fsp3) is 0.714. The van der Waals surface area contributed by atoms with E-state index in [4.69, 9.17) is 4.55 Å². The molecule has 0 fully saturated rings. The molecule has 0 bridgehead atoms. The second kappa shape index (κ2) is 5.77. The zero-order valence-electron chi connectivity index (χ0n) is 8.85. The largest absolute Gasteiger partial charge is 0.397 e. The Balaban J connectivity index is 0.000000187. The predicted octanol–water partition coefficient (Wildman–Crippen LogP) is -0.975. The Morgan fingerprint density at radius 1 is 1.19 bits per heavy atom. The molecule has 0 aromatic carbocycles. The van der Waals surface area contributed by atoms with E-state index in [9.17, 15) is 8.42 Å². The summed E-state index contributed by atoms with van der Waals surface area (Å²) in [5.74, 6) is 0. The number of rotatable bonds is 2. The van der Waals surface area contributed by atoms with Gasteiger partial charge in [-0.05, 0) is 0 Å². The minimum Gasteiger partial charge on any atom is -0.272 e. The Kier molecular flexibility index (Phi) is 4.65. The highest BCUT2D eigenvalue weighted by molar-refractivity contribution is 7.80. The Labute approximate surface area is 94.2 Å². The molecule has 0 unspecified atom stereocenters. The molecule has 0 amide bonds. The fourth-order valence-electron chi connectivity index (χ4n) is 1.13. The average molecular weight is 250 g/mol. The van der Waals surface area contributed by atoms with Crippen molar-refractivity contribution >= 4 is 23.1 Å². The first kappa shape index (κ1) is 12.9. The van der Waals surface area contributed by atoms with Gasteiger partial charge >= 0.3 is 10.4 Å². The van der Waals surface area contributed by atoms with Gasteiger partial charge in [-0.25, -0.2) is 0 Å². The van der Waals surface area contributed by atoms with E-state index in [0.717, 1.165) is 33.3 Å². The first-order valence-electron chi connectivity index (χ1n) is 4.59. The zero-order valence-corrected chi connectivity index (χ0v) is 9.67. The Hall–Kier alpha value is -1.19. The molecule has 16 heavy (non-hydrogen) atoms. The molecule has 2 heterocycles. The topological polar surface area (TPSA) is 94.8 Å². The summed E-state index contributed by atoms with van der Waals surface area (Å²) in [5.41, 5.74) is 0. The molecule has 0 saturated carbocycles. The number of hydrogen-bond donors (Lipinski definition) is 1. The standard InChI is InChI=1S/C6H10N4.CH4O4S/c1-3-9(5-7-1)10-4-2-8-6-10;1-5-6(2,3)4/h5-6H,1-4H2;1H3,(H,2,3,4). The van der Waals surface area contributed by atoms with Crippen LogP contribution in [0.3, 0.4) is 0 Å². The van der Waals surface area contributed by atoms with Crippen molar-refractivity contribution in [2.45, 2.75) is 0 Å². The van der Waals surface area contributed by atoms with Crippen LogP contribution in [0.15, 0.2) is 9.98 Å². The van der Waals surface area contributed by atoms with E-state index in [1.54, 1.807) is 0 Å². The van der Waals surface area contributed by atoms with Crippen molar-refractivity contribution in [2.75, 3.05) is 33.3 Å². The molecule has 0 atom stereocenters. The van der Waals surface area contributed by atoms with Gasteiger partial charge in [-0.2, -0.15) is 8.42 Å². The molecule has 2 rings (SSSR count). The molecule has 0 radical (unpaired) electrons. The van der Waals surface area contributed by atoms with E-state index in [-0.39, 0.29) is 0 Å². The van der Waals surface area contributed by atoms with Gasteiger partial charge in [0.1, 0.15) is 12.7 Å². The van der Waals surface area contributed by atoms with Crippen LogP contribution in [0.5, 0.6) is 0 Å². The smallest absolute Gasteiger partial charge is 0.272 e. The van der Waals surface area contributed by atoms with Crippen LogP contribution in [-0.2, 0) is 14.6 Å². The van der Waals surface area contributed by atoms with Gasteiger partial charge in [-0.15, -0.1) is 0 Å². The summed E-state index contributed by atoms with van der Waals surface area (Å²) in [4.78, 5) is 8.21. The van der Waals surface area contributed by atoms with E-state index >= 15 is 0 Å². The van der Waals surface area contributed by atoms with Gasteiger partial charge < -0.3 is 0 Å². The quantitative estimate of drug-likeness (QED) is 0.633. The van der Waals surface area contributed by atoms with Crippen LogP contribution < -0.4 is 0 Å². The summed E-state index contributed by atoms with van der Waals surface area (Å²) in [6.07, 6.45) is 3.74. The second-order valence-corrected chi connectivity index (χ2v) is 4.15. The van der Waals surface area contributed by atoms with Crippen molar-refractivity contribution < 1.29 is 17.2 Å². The molecule has 8 nitrogen and oxygen atoms in total. The summed E-state index contributed by atoms with van der Waals surface area (Å²) in [6, 6.07) is 0. The lowest BCUT2D eigenvalue weighted by Crippen LogP contribution is -2.38. The lowest BCUT2D eigenvalue weighted by Gasteiger charge is -2.24. The minimum absolute atomic E-state index is 0.870. The van der Waals surface area contributed by atoms with Crippen molar-refractivity contribution in [2.24, 2.45) is 9.98 Å². The molecular weight excluding hydrogens is 236 g/mol. The van der Waals surface area contributed by atoms with E-state index < -0.39 is 10.4 Å². The summed E-state index contributed by atoms with van der Waals surface area (Å²) >= 11 is 0. The summed E-state index contributed by atoms with van der Waals surface area (Å²) in [6.45, 7) is 3.85. The minimum atomic E-state index is -4.16. The van der Waals surface area contributed by atoms with Crippen LogP contribution in [0.25, 0.3) is 0 Å². The van der Waals surface area contributed by atoms with Crippen molar-refractivity contribution in [1.29, 1.82) is 0 Å². The number of nitrogens with zero attached hydrogens (tertiary/aromatic N) is 4. The highest BCUT2D eigenvalue weighted by atomic mass is 32.3. The highest BCUT2D eigenvalue weighted by Crippen LogP contribution is 2.01. The van der Waals surface area contributed by atoms with Crippen molar-refractivity contribution in [3.8, 4) is 0 Å². The third kappa shape index (κ3) is 4.55. The number of aliphatic imine (C=N–C) groups is 2. The Morgan fingerprint density at radius 2 is 1.56 bits per heavy atom. The monoisotopic (exact) mass is 250 g/mol. The molecular formula is C7H14N4O4S. The summed E-state index contributed by atoms with van der Waals surface area (Å²) in [7, 11) is -3.29. The highest BCUT2D eigenvalue weighted by Gasteiger charge is 2.14. The van der Waals surface area contributed by atoms with Crippen molar-refractivity contribution in [3.63, 3.8) is 0 Å². The summed E-state index contributed by atoms with van der Waals surface area (Å²) in [5, 5.41) is 4.19. The third-order valence-corrected chi connectivity index (χ3v) is 2.31. The van der Waals surface area contributed by atoms with Gasteiger partial charge in [0.25, 0.3) is 0 Å². The molecule has 2 aliphatic heterocycles. The lowest BCUT2D eigenvalue weighted by molar-refractivity contribution is 0.176. The number of hydrogen-bond acceptors (Lipinski definition) is 7. The lowest BCUT2D eigenvalue weighted by atomic mass is 10.6. The van der Waals surface area contributed by atoms with Gasteiger partial charge in [0.05, 0.1) is 33.3 Å². The molecule has 2 aliphatic rings. The second-order valence-electron chi connectivity index (χ2n) is 2.96. The third-order valence-electron chi connectivity index (χ3n) is 1.89.